The molecule has 0 radical (unpaired) electrons. The highest BCUT2D eigenvalue weighted by molar-refractivity contribution is 7.08. The van der Waals surface area contributed by atoms with Crippen molar-refractivity contribution in [3.05, 3.63) is 22.4 Å². The minimum Gasteiger partial charge on any atom is -0.381 e. The van der Waals surface area contributed by atoms with Crippen LogP contribution in [-0.4, -0.2) is 38.9 Å². The van der Waals surface area contributed by atoms with Crippen LogP contribution in [0.3, 0.4) is 0 Å². The van der Waals surface area contributed by atoms with Gasteiger partial charge in [-0.15, -0.1) is 0 Å². The fourth-order valence-corrected chi connectivity index (χ4v) is 2.47. The van der Waals surface area contributed by atoms with Crippen LogP contribution >= 0.6 is 11.3 Å². The van der Waals surface area contributed by atoms with Gasteiger partial charge in [-0.1, -0.05) is 0 Å². The molecule has 0 saturated carbocycles. The third kappa shape index (κ3) is 4.40. The molecule has 18 heavy (non-hydrogen) atoms. The molecule has 0 aliphatic carbocycles. The maximum absolute atomic E-state index is 11.6. The first-order valence-corrected chi connectivity index (χ1v) is 7.26. The Morgan fingerprint density at radius 2 is 2.56 bits per heavy atom. The second kappa shape index (κ2) is 7.51. The van der Waals surface area contributed by atoms with Gasteiger partial charge in [-0.3, -0.25) is 4.79 Å². The Bertz CT molecular complexity index is 347. The predicted octanol–water partition coefficient (Wildman–Crippen LogP) is 1.92. The van der Waals surface area contributed by atoms with E-state index < -0.39 is 0 Å². The summed E-state index contributed by atoms with van der Waals surface area (Å²) in [4.78, 5) is 11.6. The highest BCUT2D eigenvalue weighted by atomic mass is 32.1. The van der Waals surface area contributed by atoms with Crippen molar-refractivity contribution in [1.82, 2.24) is 5.32 Å². The third-order valence-electron chi connectivity index (χ3n) is 2.91. The number of ether oxygens (including phenoxy) is 2. The number of nitrogens with one attached hydrogen (secondary N) is 1. The maximum Gasteiger partial charge on any atom is 0.252 e. The van der Waals surface area contributed by atoms with E-state index in [0.29, 0.717) is 19.1 Å². The van der Waals surface area contributed by atoms with E-state index in [0.717, 1.165) is 38.2 Å². The van der Waals surface area contributed by atoms with Crippen LogP contribution in [-0.2, 0) is 9.47 Å². The molecule has 1 atom stereocenters. The number of rotatable bonds is 7. The van der Waals surface area contributed by atoms with Gasteiger partial charge in [0.2, 0.25) is 0 Å². The van der Waals surface area contributed by atoms with E-state index in [4.69, 9.17) is 9.47 Å². The molecule has 1 amide bonds. The molecule has 0 aromatic carbocycles. The van der Waals surface area contributed by atoms with E-state index >= 15 is 0 Å². The highest BCUT2D eigenvalue weighted by Crippen LogP contribution is 2.12. The molecule has 0 bridgehead atoms. The summed E-state index contributed by atoms with van der Waals surface area (Å²) < 4.78 is 10.8. The average Bonchev–Trinajstić information content (AvgIpc) is 3.05. The zero-order valence-corrected chi connectivity index (χ0v) is 11.2. The smallest absolute Gasteiger partial charge is 0.252 e. The third-order valence-corrected chi connectivity index (χ3v) is 3.60. The highest BCUT2D eigenvalue weighted by Gasteiger charge is 2.15. The Balaban J connectivity index is 1.47. The summed E-state index contributed by atoms with van der Waals surface area (Å²) in [6, 6.07) is 1.83. The lowest BCUT2D eigenvalue weighted by atomic mass is 10.1. The van der Waals surface area contributed by atoms with Crippen LogP contribution in [0.1, 0.15) is 23.2 Å². The van der Waals surface area contributed by atoms with Crippen molar-refractivity contribution in [3.63, 3.8) is 0 Å². The molecule has 0 spiro atoms. The lowest BCUT2D eigenvalue weighted by molar-refractivity contribution is 0.0854. The van der Waals surface area contributed by atoms with E-state index in [1.54, 1.807) is 0 Å². The summed E-state index contributed by atoms with van der Waals surface area (Å²) >= 11 is 1.53. The van der Waals surface area contributed by atoms with Gasteiger partial charge in [0.1, 0.15) is 0 Å². The minimum absolute atomic E-state index is 0.000410. The molecule has 1 aliphatic heterocycles. The van der Waals surface area contributed by atoms with Crippen molar-refractivity contribution in [1.29, 1.82) is 0 Å². The van der Waals surface area contributed by atoms with Gasteiger partial charge in [-0.25, -0.2) is 0 Å². The first kappa shape index (κ1) is 13.5. The lowest BCUT2D eigenvalue weighted by Crippen LogP contribution is -2.25. The van der Waals surface area contributed by atoms with Crippen molar-refractivity contribution < 1.29 is 14.3 Å². The van der Waals surface area contributed by atoms with Crippen LogP contribution in [0, 0.1) is 5.92 Å². The SMILES string of the molecule is O=C(NCCCOCC1CCOC1)c1ccsc1. The molecule has 1 unspecified atom stereocenters. The minimum atomic E-state index is 0.000410. The molecular weight excluding hydrogens is 250 g/mol. The fourth-order valence-electron chi connectivity index (χ4n) is 1.84. The monoisotopic (exact) mass is 269 g/mol. The second-order valence-electron chi connectivity index (χ2n) is 4.43. The number of thiophene rings is 1. The predicted molar refractivity (Wildman–Crippen MR) is 71.0 cm³/mol. The summed E-state index contributed by atoms with van der Waals surface area (Å²) in [7, 11) is 0. The Labute approximate surface area is 111 Å². The normalized spacial score (nSPS) is 19.0. The van der Waals surface area contributed by atoms with Crippen molar-refractivity contribution in [2.45, 2.75) is 12.8 Å². The van der Waals surface area contributed by atoms with Crippen molar-refractivity contribution in [2.75, 3.05) is 33.0 Å². The summed E-state index contributed by atoms with van der Waals surface area (Å²) in [5.74, 6) is 0.561. The molecule has 1 saturated heterocycles. The molecule has 2 heterocycles. The Kier molecular flexibility index (Phi) is 5.64. The molecule has 100 valence electrons. The number of hydrogen-bond donors (Lipinski definition) is 1. The summed E-state index contributed by atoms with van der Waals surface area (Å²) in [6.07, 6.45) is 1.96. The maximum atomic E-state index is 11.6. The van der Waals surface area contributed by atoms with Gasteiger partial charge in [-0.05, 0) is 24.3 Å². The number of hydrogen-bond acceptors (Lipinski definition) is 4. The number of amides is 1. The molecular formula is C13H19NO3S. The van der Waals surface area contributed by atoms with Crippen LogP contribution in [0.5, 0.6) is 0 Å². The summed E-state index contributed by atoms with van der Waals surface area (Å²) in [5.41, 5.74) is 0.740. The molecule has 2 rings (SSSR count). The van der Waals surface area contributed by atoms with Crippen LogP contribution in [0.25, 0.3) is 0 Å². The number of carbonyl (C=O) groups is 1. The molecule has 1 N–H and O–H groups in total. The summed E-state index contributed by atoms with van der Waals surface area (Å²) in [5, 5.41) is 6.63. The second-order valence-corrected chi connectivity index (χ2v) is 5.21. The van der Waals surface area contributed by atoms with Crippen LogP contribution < -0.4 is 5.32 Å². The van der Waals surface area contributed by atoms with Gasteiger partial charge < -0.3 is 14.8 Å². The lowest BCUT2D eigenvalue weighted by Gasteiger charge is -2.08. The average molecular weight is 269 g/mol. The first-order chi connectivity index (χ1) is 8.86. The molecule has 1 fully saturated rings. The van der Waals surface area contributed by atoms with Gasteiger partial charge in [-0.2, -0.15) is 11.3 Å². The van der Waals surface area contributed by atoms with E-state index in [9.17, 15) is 4.79 Å². The van der Waals surface area contributed by atoms with E-state index in [2.05, 4.69) is 5.32 Å². The Morgan fingerprint density at radius 1 is 1.61 bits per heavy atom. The topological polar surface area (TPSA) is 47.6 Å². The van der Waals surface area contributed by atoms with E-state index in [-0.39, 0.29) is 5.91 Å². The van der Waals surface area contributed by atoms with Crippen molar-refractivity contribution in [2.24, 2.45) is 5.92 Å². The van der Waals surface area contributed by atoms with Gasteiger partial charge in [0.15, 0.2) is 0 Å². The molecule has 4 nitrogen and oxygen atoms in total. The fraction of sp³-hybridized carbons (Fsp3) is 0.615. The van der Waals surface area contributed by atoms with Gasteiger partial charge in [0.05, 0.1) is 13.2 Å². The molecule has 1 aromatic heterocycles. The van der Waals surface area contributed by atoms with Crippen LogP contribution in [0.4, 0.5) is 0 Å². The van der Waals surface area contributed by atoms with E-state index in [1.165, 1.54) is 11.3 Å². The van der Waals surface area contributed by atoms with Crippen LogP contribution in [0.2, 0.25) is 0 Å². The van der Waals surface area contributed by atoms with Gasteiger partial charge in [0.25, 0.3) is 5.91 Å². The van der Waals surface area contributed by atoms with E-state index in [1.807, 2.05) is 16.8 Å². The Hall–Kier alpha value is -0.910. The first-order valence-electron chi connectivity index (χ1n) is 6.32. The zero-order valence-electron chi connectivity index (χ0n) is 10.4. The van der Waals surface area contributed by atoms with Crippen LogP contribution in [0.15, 0.2) is 16.8 Å². The quantitative estimate of drug-likeness (QED) is 0.769. The van der Waals surface area contributed by atoms with Crippen molar-refractivity contribution in [3.8, 4) is 0 Å². The van der Waals surface area contributed by atoms with Crippen molar-refractivity contribution >= 4 is 17.2 Å². The number of carbonyl (C=O) groups excluding carboxylic acids is 1. The standard InChI is InChI=1S/C13H19NO3S/c15-13(12-3-7-18-10-12)14-4-1-5-16-8-11-2-6-17-9-11/h3,7,10-11H,1-2,4-6,8-9H2,(H,14,15). The zero-order chi connectivity index (χ0) is 12.6. The summed E-state index contributed by atoms with van der Waals surface area (Å²) in [6.45, 7) is 3.83. The molecule has 1 aromatic rings. The Morgan fingerprint density at radius 3 is 3.28 bits per heavy atom. The van der Waals surface area contributed by atoms with Gasteiger partial charge >= 0.3 is 0 Å². The largest absolute Gasteiger partial charge is 0.381 e. The van der Waals surface area contributed by atoms with Gasteiger partial charge in [0, 0.05) is 36.6 Å². The molecule has 5 heteroatoms. The molecule has 1 aliphatic rings.